The second-order valence-electron chi connectivity index (χ2n) is 7.47. The fourth-order valence-electron chi connectivity index (χ4n) is 3.56. The van der Waals surface area contributed by atoms with E-state index in [1.165, 1.54) is 48.0 Å². The van der Waals surface area contributed by atoms with Gasteiger partial charge in [-0.25, -0.2) is 0 Å². The number of nitro benzene ring substituents is 1. The van der Waals surface area contributed by atoms with E-state index >= 15 is 0 Å². The molecule has 0 atom stereocenters. The third kappa shape index (κ3) is 5.99. The Labute approximate surface area is 197 Å². The minimum atomic E-state index is -4.63. The van der Waals surface area contributed by atoms with Crippen molar-refractivity contribution in [1.82, 2.24) is 9.80 Å². The summed E-state index contributed by atoms with van der Waals surface area (Å²) < 4.78 is 44.6. The van der Waals surface area contributed by atoms with Crippen LogP contribution in [0.3, 0.4) is 0 Å². The molecule has 1 fully saturated rings. The number of ether oxygens (including phenoxy) is 1. The van der Waals surface area contributed by atoms with Crippen molar-refractivity contribution in [1.29, 1.82) is 0 Å². The van der Waals surface area contributed by atoms with Crippen molar-refractivity contribution in [2.75, 3.05) is 39.0 Å². The third-order valence-electron chi connectivity index (χ3n) is 5.32. The number of halogens is 3. The molecule has 0 spiro atoms. The lowest BCUT2D eigenvalue weighted by Gasteiger charge is -2.35. The number of carbonyl (C=O) groups is 2. The van der Waals surface area contributed by atoms with E-state index in [9.17, 15) is 32.9 Å². The number of carbonyl (C=O) groups excluding carboxylic acids is 2. The maximum atomic E-state index is 13.2. The first kappa shape index (κ1) is 25.3. The summed E-state index contributed by atoms with van der Waals surface area (Å²) in [5.41, 5.74) is -0.864. The predicted octanol–water partition coefficient (Wildman–Crippen LogP) is 3.84. The van der Waals surface area contributed by atoms with Gasteiger partial charge < -0.3 is 14.5 Å². The zero-order valence-electron chi connectivity index (χ0n) is 18.2. The van der Waals surface area contributed by atoms with Crippen LogP contribution in [0.4, 0.5) is 18.9 Å². The van der Waals surface area contributed by atoms with E-state index in [1.807, 2.05) is 0 Å². The Morgan fingerprint density at radius 3 is 2.35 bits per heavy atom. The molecule has 12 heteroatoms. The summed E-state index contributed by atoms with van der Waals surface area (Å²) in [6.07, 6.45) is -4.63. The summed E-state index contributed by atoms with van der Waals surface area (Å²) in [7, 11) is 1.35. The quantitative estimate of drug-likeness (QED) is 0.426. The van der Waals surface area contributed by atoms with Gasteiger partial charge >= 0.3 is 11.9 Å². The smallest absolute Gasteiger partial charge is 0.417 e. The second kappa shape index (κ2) is 10.8. The van der Waals surface area contributed by atoms with Gasteiger partial charge in [-0.2, -0.15) is 13.2 Å². The molecule has 2 aromatic carbocycles. The van der Waals surface area contributed by atoms with Crippen molar-refractivity contribution < 1.29 is 32.4 Å². The number of methoxy groups -OCH3 is 1. The van der Waals surface area contributed by atoms with E-state index in [0.29, 0.717) is 11.3 Å². The molecule has 0 saturated carbocycles. The van der Waals surface area contributed by atoms with E-state index in [-0.39, 0.29) is 49.3 Å². The average Bonchev–Trinajstić information content (AvgIpc) is 2.83. The van der Waals surface area contributed by atoms with Gasteiger partial charge in [0.1, 0.15) is 0 Å². The Balaban J connectivity index is 1.51. The van der Waals surface area contributed by atoms with E-state index in [1.54, 1.807) is 11.0 Å². The number of amides is 2. The molecule has 0 aromatic heterocycles. The van der Waals surface area contributed by atoms with Gasteiger partial charge in [-0.05, 0) is 23.8 Å². The first-order chi connectivity index (χ1) is 16.1. The summed E-state index contributed by atoms with van der Waals surface area (Å²) in [5, 5.41) is 11.1. The number of thioether (sulfide) groups is 1. The predicted molar refractivity (Wildman–Crippen MR) is 120 cm³/mol. The second-order valence-corrected chi connectivity index (χ2v) is 8.46. The number of benzene rings is 2. The number of hydrogen-bond donors (Lipinski definition) is 0. The minimum absolute atomic E-state index is 0.130. The van der Waals surface area contributed by atoms with Crippen LogP contribution in [0.15, 0.2) is 42.5 Å². The van der Waals surface area contributed by atoms with E-state index in [2.05, 4.69) is 0 Å². The molecule has 1 saturated heterocycles. The third-order valence-corrected chi connectivity index (χ3v) is 6.31. The fourth-order valence-corrected chi connectivity index (χ4v) is 4.44. The lowest BCUT2D eigenvalue weighted by atomic mass is 10.1. The highest BCUT2D eigenvalue weighted by Crippen LogP contribution is 2.32. The van der Waals surface area contributed by atoms with Crippen molar-refractivity contribution in [2.45, 2.75) is 11.9 Å². The Bertz CT molecular complexity index is 1070. The van der Waals surface area contributed by atoms with Crippen LogP contribution in [-0.2, 0) is 16.7 Å². The topological polar surface area (TPSA) is 93.0 Å². The maximum Gasteiger partial charge on any atom is 0.417 e. The highest BCUT2D eigenvalue weighted by molar-refractivity contribution is 7.99. The van der Waals surface area contributed by atoms with Crippen molar-refractivity contribution in [3.05, 3.63) is 69.3 Å². The molecule has 34 heavy (non-hydrogen) atoms. The average molecular weight is 497 g/mol. The van der Waals surface area contributed by atoms with Gasteiger partial charge in [0, 0.05) is 38.0 Å². The maximum absolute atomic E-state index is 13.2. The largest absolute Gasteiger partial charge is 0.490 e. The summed E-state index contributed by atoms with van der Waals surface area (Å²) in [6.45, 7) is 0.693. The molecule has 2 aromatic rings. The molecule has 0 radical (unpaired) electrons. The molecule has 0 aliphatic carbocycles. The Morgan fingerprint density at radius 1 is 1.09 bits per heavy atom. The van der Waals surface area contributed by atoms with E-state index in [4.69, 9.17) is 4.74 Å². The number of rotatable bonds is 7. The van der Waals surface area contributed by atoms with Gasteiger partial charge in [0.2, 0.25) is 5.91 Å². The molecule has 0 bridgehead atoms. The van der Waals surface area contributed by atoms with E-state index < -0.39 is 28.1 Å². The molecule has 8 nitrogen and oxygen atoms in total. The molecule has 1 heterocycles. The van der Waals surface area contributed by atoms with Crippen molar-refractivity contribution >= 4 is 29.3 Å². The Morgan fingerprint density at radius 2 is 1.74 bits per heavy atom. The van der Waals surface area contributed by atoms with E-state index in [0.717, 1.165) is 12.1 Å². The van der Waals surface area contributed by atoms with Crippen molar-refractivity contribution in [3.63, 3.8) is 0 Å². The molecule has 1 aliphatic rings. The molecule has 1 aliphatic heterocycles. The SMILES string of the molecule is COc1ccc(CSCC(=O)N2CCN(C(=O)c3ccccc3C(F)(F)F)CC2)cc1[N+](=O)[O-]. The van der Waals surface area contributed by atoms with Crippen molar-refractivity contribution in [2.24, 2.45) is 0 Å². The standard InChI is InChI=1S/C22H22F3N3O5S/c1-33-19-7-6-15(12-18(19)28(31)32)13-34-14-20(29)26-8-10-27(11-9-26)21(30)16-4-2-3-5-17(16)22(23,24)25/h2-7,12H,8-11,13-14H2,1H3. The van der Waals surface area contributed by atoms with Gasteiger partial charge in [0.15, 0.2) is 5.75 Å². The molecule has 2 amide bonds. The summed E-state index contributed by atoms with van der Waals surface area (Å²) in [6, 6.07) is 9.24. The Hall–Kier alpha value is -3.28. The molecular weight excluding hydrogens is 475 g/mol. The van der Waals surface area contributed by atoms with Gasteiger partial charge in [-0.1, -0.05) is 18.2 Å². The van der Waals surface area contributed by atoms with Crippen LogP contribution in [0.25, 0.3) is 0 Å². The van der Waals surface area contributed by atoms with Crippen LogP contribution in [0.2, 0.25) is 0 Å². The van der Waals surface area contributed by atoms with Gasteiger partial charge in [0.05, 0.1) is 28.9 Å². The van der Waals surface area contributed by atoms with Gasteiger partial charge in [0.25, 0.3) is 5.91 Å². The molecule has 182 valence electrons. The minimum Gasteiger partial charge on any atom is -0.490 e. The van der Waals surface area contributed by atoms with Crippen LogP contribution in [0.5, 0.6) is 5.75 Å². The van der Waals surface area contributed by atoms with Crippen LogP contribution in [0.1, 0.15) is 21.5 Å². The lowest BCUT2D eigenvalue weighted by Crippen LogP contribution is -2.51. The molecular formula is C22H22F3N3O5S. The number of alkyl halides is 3. The zero-order valence-corrected chi connectivity index (χ0v) is 19.0. The highest BCUT2D eigenvalue weighted by atomic mass is 32.2. The first-order valence-electron chi connectivity index (χ1n) is 10.2. The van der Waals surface area contributed by atoms with Crippen LogP contribution in [0, 0.1) is 10.1 Å². The van der Waals surface area contributed by atoms with Crippen molar-refractivity contribution in [3.8, 4) is 5.75 Å². The Kier molecular flexibility index (Phi) is 8.02. The van der Waals surface area contributed by atoms with Crippen LogP contribution >= 0.6 is 11.8 Å². The van der Waals surface area contributed by atoms with Gasteiger partial charge in [-0.3, -0.25) is 19.7 Å². The number of nitrogens with zero attached hydrogens (tertiary/aromatic N) is 3. The molecule has 3 rings (SSSR count). The van der Waals surface area contributed by atoms with Crippen LogP contribution in [-0.4, -0.2) is 65.6 Å². The highest BCUT2D eigenvalue weighted by Gasteiger charge is 2.36. The van der Waals surface area contributed by atoms with Crippen LogP contribution < -0.4 is 4.74 Å². The summed E-state index contributed by atoms with van der Waals surface area (Å²) in [5.74, 6) is -0.222. The zero-order chi connectivity index (χ0) is 24.9. The molecule has 0 unspecified atom stereocenters. The number of nitro groups is 1. The number of hydrogen-bond acceptors (Lipinski definition) is 6. The lowest BCUT2D eigenvalue weighted by molar-refractivity contribution is -0.385. The normalized spacial score (nSPS) is 14.1. The molecule has 0 N–H and O–H groups in total. The summed E-state index contributed by atoms with van der Waals surface area (Å²) >= 11 is 1.29. The fraction of sp³-hybridized carbons (Fsp3) is 0.364. The van der Waals surface area contributed by atoms with Gasteiger partial charge in [-0.15, -0.1) is 11.8 Å². The monoisotopic (exact) mass is 497 g/mol. The number of piperazine rings is 1. The summed E-state index contributed by atoms with van der Waals surface area (Å²) in [4.78, 5) is 38.6. The first-order valence-corrected chi connectivity index (χ1v) is 11.4.